The van der Waals surface area contributed by atoms with Gasteiger partial charge in [0.1, 0.15) is 16.7 Å². The van der Waals surface area contributed by atoms with Crippen molar-refractivity contribution in [2.45, 2.75) is 67.5 Å². The highest BCUT2D eigenvalue weighted by Crippen LogP contribution is 2.42. The Hall–Kier alpha value is -3.68. The number of hydrogen-bond acceptors (Lipinski definition) is 10. The number of carbonyl (C=O) groups is 2. The zero-order valence-corrected chi connectivity index (χ0v) is 26.0. The number of aromatic hydroxyl groups is 1. The molecule has 3 aromatic rings. The maximum Gasteiger partial charge on any atom is 0.270 e. The highest BCUT2D eigenvalue weighted by Gasteiger charge is 2.44. The lowest BCUT2D eigenvalue weighted by atomic mass is 9.68. The second-order valence-corrected chi connectivity index (χ2v) is 13.3. The van der Waals surface area contributed by atoms with Gasteiger partial charge in [-0.05, 0) is 49.1 Å². The summed E-state index contributed by atoms with van der Waals surface area (Å²) in [6.45, 7) is 4.63. The average Bonchev–Trinajstić information content (AvgIpc) is 3.00. The molecular formula is C30H35ClN8O4S. The number of benzene rings is 1. The normalized spacial score (nSPS) is 21.2. The number of halogens is 1. The van der Waals surface area contributed by atoms with Crippen LogP contribution in [0.15, 0.2) is 45.3 Å². The van der Waals surface area contributed by atoms with Gasteiger partial charge in [0.2, 0.25) is 11.8 Å². The quantitative estimate of drug-likeness (QED) is 0.377. The van der Waals surface area contributed by atoms with Gasteiger partial charge in [-0.3, -0.25) is 19.0 Å². The first kappa shape index (κ1) is 30.4. The molecule has 0 saturated carbocycles. The number of aryl methyl sites for hydroxylation is 1. The van der Waals surface area contributed by atoms with E-state index < -0.39 is 29.0 Å². The van der Waals surface area contributed by atoms with Gasteiger partial charge in [-0.25, -0.2) is 9.97 Å². The Balaban J connectivity index is 1.16. The Labute approximate surface area is 263 Å². The number of likely N-dealkylation sites (tertiary alicyclic amines) is 1. The maximum atomic E-state index is 13.2. The van der Waals surface area contributed by atoms with Crippen molar-refractivity contribution < 1.29 is 14.7 Å². The molecule has 0 aliphatic carbocycles. The molecule has 0 bridgehead atoms. The van der Waals surface area contributed by atoms with E-state index in [0.717, 1.165) is 56.0 Å². The van der Waals surface area contributed by atoms with Crippen molar-refractivity contribution in [1.29, 1.82) is 0 Å². The summed E-state index contributed by atoms with van der Waals surface area (Å²) in [5.74, 6) is -0.399. The van der Waals surface area contributed by atoms with Crippen LogP contribution in [0.25, 0.3) is 0 Å². The van der Waals surface area contributed by atoms with Crippen LogP contribution < -0.4 is 21.9 Å². The fourth-order valence-electron chi connectivity index (χ4n) is 6.81. The topological polar surface area (TPSA) is 174 Å². The lowest BCUT2D eigenvalue weighted by molar-refractivity contribution is -0.132. The van der Waals surface area contributed by atoms with Crippen molar-refractivity contribution >= 4 is 41.0 Å². The number of hydrogen-bond donors (Lipinski definition) is 3. The first-order valence-corrected chi connectivity index (χ1v) is 16.0. The number of piperidine rings is 2. The number of primary amides is 1. The number of nitrogens with two attached hydrogens (primary N) is 2. The van der Waals surface area contributed by atoms with Crippen LogP contribution in [0.1, 0.15) is 66.8 Å². The Kier molecular flexibility index (Phi) is 8.29. The minimum Gasteiger partial charge on any atom is -0.493 e. The Morgan fingerprint density at radius 2 is 1.89 bits per heavy atom. The highest BCUT2D eigenvalue weighted by atomic mass is 35.5. The molecule has 2 saturated heterocycles. The van der Waals surface area contributed by atoms with E-state index in [4.69, 9.17) is 28.1 Å². The molecule has 3 aliphatic heterocycles. The van der Waals surface area contributed by atoms with E-state index in [1.54, 1.807) is 19.3 Å². The minimum atomic E-state index is -1.03. The minimum absolute atomic E-state index is 0.0259. The number of rotatable bonds is 5. The second kappa shape index (κ2) is 12.0. The number of carbonyl (C=O) groups excluding carboxylic acids is 2. The third-order valence-corrected chi connectivity index (χ3v) is 10.9. The number of nitrogens with zero attached hydrogens (tertiary/aromatic N) is 6. The molecule has 1 spiro atoms. The molecule has 6 rings (SSSR count). The van der Waals surface area contributed by atoms with Crippen molar-refractivity contribution in [2.24, 2.45) is 16.9 Å². The maximum absolute atomic E-state index is 13.2. The van der Waals surface area contributed by atoms with E-state index in [1.807, 2.05) is 23.1 Å². The SMILES string of the molecule is CC(=O)N1CCC2(CCN(c3cnc(Sc4cccc(C5CCCc6nc(O)c(C(N)=O)c(=O)n65)c4Cl)cn3)CC2)C(N)C1. The standard InChI is InChI=1S/C30H35ClN8O4S/c1-17(40)38-13-10-30(21(32)16-38)8-11-37(12-9-30)23-14-35-24(15-34-23)44-20-6-2-4-18(26(20)31)19-5-3-7-22-36-28(42)25(27(33)41)29(43)39(19)22/h2,4,6,14-15,19,21,42H,3,5,7-13,16,32H2,1H3,(H2,33,41). The van der Waals surface area contributed by atoms with Crippen molar-refractivity contribution in [2.75, 3.05) is 31.1 Å². The van der Waals surface area contributed by atoms with Crippen molar-refractivity contribution in [3.8, 4) is 5.88 Å². The zero-order chi connectivity index (χ0) is 31.2. The van der Waals surface area contributed by atoms with Gasteiger partial charge in [0.05, 0.1) is 23.5 Å². The van der Waals surface area contributed by atoms with Crippen LogP contribution in [0, 0.1) is 5.41 Å². The van der Waals surface area contributed by atoms with E-state index in [2.05, 4.69) is 14.9 Å². The molecule has 2 fully saturated rings. The fourth-order valence-corrected chi connectivity index (χ4v) is 7.97. The molecule has 14 heteroatoms. The van der Waals surface area contributed by atoms with E-state index in [-0.39, 0.29) is 17.4 Å². The van der Waals surface area contributed by atoms with Crippen LogP contribution in [0.2, 0.25) is 5.02 Å². The van der Waals surface area contributed by atoms with E-state index in [1.165, 1.54) is 16.3 Å². The summed E-state index contributed by atoms with van der Waals surface area (Å²) in [5.41, 5.74) is 11.5. The summed E-state index contributed by atoms with van der Waals surface area (Å²) in [6.07, 6.45) is 8.15. The van der Waals surface area contributed by atoms with Gasteiger partial charge in [0, 0.05) is 50.5 Å². The Morgan fingerprint density at radius 1 is 1.14 bits per heavy atom. The van der Waals surface area contributed by atoms with Crippen LogP contribution in [-0.2, 0) is 11.2 Å². The smallest absolute Gasteiger partial charge is 0.270 e. The van der Waals surface area contributed by atoms with Gasteiger partial charge in [-0.2, -0.15) is 4.98 Å². The van der Waals surface area contributed by atoms with Gasteiger partial charge in [0.15, 0.2) is 5.56 Å². The predicted octanol–water partition coefficient (Wildman–Crippen LogP) is 2.73. The molecule has 2 amide bonds. The zero-order valence-electron chi connectivity index (χ0n) is 24.4. The van der Waals surface area contributed by atoms with E-state index >= 15 is 0 Å². The van der Waals surface area contributed by atoms with Gasteiger partial charge in [0.25, 0.3) is 11.5 Å². The number of anilines is 1. The third-order valence-electron chi connectivity index (χ3n) is 9.40. The summed E-state index contributed by atoms with van der Waals surface area (Å²) in [7, 11) is 0. The van der Waals surface area contributed by atoms with Crippen molar-refractivity contribution in [3.63, 3.8) is 0 Å². The van der Waals surface area contributed by atoms with Crippen LogP contribution in [0.5, 0.6) is 5.88 Å². The highest BCUT2D eigenvalue weighted by molar-refractivity contribution is 7.99. The number of amides is 2. The third kappa shape index (κ3) is 5.52. The Morgan fingerprint density at radius 3 is 2.55 bits per heavy atom. The Bertz CT molecular complexity index is 1660. The summed E-state index contributed by atoms with van der Waals surface area (Å²) < 4.78 is 1.43. The molecule has 5 heterocycles. The lowest BCUT2D eigenvalue weighted by Gasteiger charge is -2.50. The molecule has 2 aromatic heterocycles. The van der Waals surface area contributed by atoms with Gasteiger partial charge in [-0.1, -0.05) is 35.5 Å². The predicted molar refractivity (Wildman–Crippen MR) is 166 cm³/mol. The first-order valence-electron chi connectivity index (χ1n) is 14.8. The summed E-state index contributed by atoms with van der Waals surface area (Å²) in [5, 5.41) is 11.3. The van der Waals surface area contributed by atoms with E-state index in [0.29, 0.717) is 40.8 Å². The molecule has 3 aliphatic rings. The average molecular weight is 639 g/mol. The molecule has 44 heavy (non-hydrogen) atoms. The van der Waals surface area contributed by atoms with Crippen LogP contribution in [0.4, 0.5) is 5.82 Å². The summed E-state index contributed by atoms with van der Waals surface area (Å²) in [4.78, 5) is 55.2. The molecule has 5 N–H and O–H groups in total. The molecule has 2 atom stereocenters. The van der Waals surface area contributed by atoms with Gasteiger partial charge >= 0.3 is 0 Å². The van der Waals surface area contributed by atoms with Gasteiger partial charge in [-0.15, -0.1) is 0 Å². The monoisotopic (exact) mass is 638 g/mol. The lowest BCUT2D eigenvalue weighted by Crippen LogP contribution is -2.59. The summed E-state index contributed by atoms with van der Waals surface area (Å²) in [6, 6.07) is 5.10. The molecular weight excluding hydrogens is 604 g/mol. The first-order chi connectivity index (χ1) is 21.1. The second-order valence-electron chi connectivity index (χ2n) is 11.8. The van der Waals surface area contributed by atoms with Crippen molar-refractivity contribution in [3.05, 3.63) is 62.9 Å². The van der Waals surface area contributed by atoms with Crippen LogP contribution >= 0.6 is 23.4 Å². The summed E-state index contributed by atoms with van der Waals surface area (Å²) >= 11 is 8.29. The molecule has 232 valence electrons. The largest absolute Gasteiger partial charge is 0.493 e. The van der Waals surface area contributed by atoms with Crippen LogP contribution in [0.3, 0.4) is 0 Å². The fraction of sp³-hybridized carbons (Fsp3) is 0.467. The van der Waals surface area contributed by atoms with Gasteiger partial charge < -0.3 is 26.4 Å². The molecule has 1 aromatic carbocycles. The number of fused-ring (bicyclic) bond motifs is 1. The molecule has 2 unspecified atom stereocenters. The number of aromatic nitrogens is 4. The van der Waals surface area contributed by atoms with Crippen molar-refractivity contribution in [1.82, 2.24) is 24.4 Å². The van der Waals surface area contributed by atoms with Crippen LogP contribution in [-0.4, -0.2) is 73.6 Å². The van der Waals surface area contributed by atoms with E-state index in [9.17, 15) is 19.5 Å². The molecule has 12 nitrogen and oxygen atoms in total. The molecule has 0 radical (unpaired) electrons.